The van der Waals surface area contributed by atoms with Crippen LogP contribution in [0, 0.1) is 0 Å². The summed E-state index contributed by atoms with van der Waals surface area (Å²) in [5.74, 6) is 1.58. The Hall–Kier alpha value is -2.78. The number of ether oxygens (including phenoxy) is 2. The molecule has 0 amide bonds. The molecule has 1 atom stereocenters. The Morgan fingerprint density at radius 2 is 1.88 bits per heavy atom. The molecule has 4 aromatic rings. The molecule has 3 N–H and O–H groups in total. The largest absolute Gasteiger partial charge is 0.490 e. The van der Waals surface area contributed by atoms with Crippen LogP contribution in [0.5, 0.6) is 11.5 Å². The van der Waals surface area contributed by atoms with Crippen molar-refractivity contribution in [2.75, 3.05) is 26.0 Å². The summed E-state index contributed by atoms with van der Waals surface area (Å²) < 4.78 is 40.3. The van der Waals surface area contributed by atoms with E-state index in [9.17, 15) is 8.42 Å². The number of hydrogen-bond acceptors (Lipinski definition) is 5. The van der Waals surface area contributed by atoms with E-state index in [1.54, 1.807) is 0 Å². The molecule has 9 heteroatoms. The van der Waals surface area contributed by atoms with Crippen molar-refractivity contribution >= 4 is 43.5 Å². The van der Waals surface area contributed by atoms with E-state index < -0.39 is 10.1 Å². The van der Waals surface area contributed by atoms with Gasteiger partial charge in [0.15, 0.2) is 0 Å². The predicted octanol–water partition coefficient (Wildman–Crippen LogP) is 4.27. The smallest absolute Gasteiger partial charge is 0.261 e. The minimum absolute atomic E-state index is 0.0876. The van der Waals surface area contributed by atoms with Gasteiger partial charge in [-0.3, -0.25) is 4.55 Å². The van der Waals surface area contributed by atoms with Crippen molar-refractivity contribution in [3.05, 3.63) is 71.2 Å². The van der Waals surface area contributed by atoms with Crippen molar-refractivity contribution < 1.29 is 22.4 Å². The number of aromatic nitrogens is 1. The molecule has 32 heavy (non-hydrogen) atoms. The lowest BCUT2D eigenvalue weighted by Crippen LogP contribution is -2.22. The first kappa shape index (κ1) is 22.4. The maximum absolute atomic E-state index is 9.19. The van der Waals surface area contributed by atoms with Gasteiger partial charge < -0.3 is 19.8 Å². The van der Waals surface area contributed by atoms with Gasteiger partial charge in [0.05, 0.1) is 33.7 Å². The zero-order valence-corrected chi connectivity index (χ0v) is 18.9. The Balaban J connectivity index is 0.000000444. The molecular formula is C23H23ClN2O5S. The average molecular weight is 475 g/mol. The molecule has 168 valence electrons. The van der Waals surface area contributed by atoms with Crippen molar-refractivity contribution in [3.63, 3.8) is 0 Å². The maximum atomic E-state index is 9.19. The molecule has 1 unspecified atom stereocenters. The maximum Gasteiger partial charge on any atom is 0.261 e. The lowest BCUT2D eigenvalue weighted by Gasteiger charge is -2.27. The summed E-state index contributed by atoms with van der Waals surface area (Å²) in [4.78, 5) is 0. The van der Waals surface area contributed by atoms with Crippen molar-refractivity contribution in [2.24, 2.45) is 5.73 Å². The Morgan fingerprint density at radius 3 is 2.56 bits per heavy atom. The Bertz CT molecular complexity index is 1360. The van der Waals surface area contributed by atoms with Gasteiger partial charge in [0.25, 0.3) is 10.1 Å². The second kappa shape index (κ2) is 8.99. The molecule has 0 aliphatic carbocycles. The molecule has 0 radical (unpaired) electrons. The van der Waals surface area contributed by atoms with Crippen molar-refractivity contribution in [1.29, 1.82) is 0 Å². The molecule has 1 aliphatic rings. The molecule has 7 nitrogen and oxygen atoms in total. The molecule has 0 bridgehead atoms. The highest BCUT2D eigenvalue weighted by atomic mass is 35.5. The highest BCUT2D eigenvalue weighted by Gasteiger charge is 2.28. The third-order valence-corrected chi connectivity index (χ3v) is 5.41. The van der Waals surface area contributed by atoms with Crippen LogP contribution in [-0.2, 0) is 10.1 Å². The average Bonchev–Trinajstić information content (AvgIpc) is 3.09. The number of halogens is 1. The van der Waals surface area contributed by atoms with E-state index in [2.05, 4.69) is 41.0 Å². The Labute approximate surface area is 191 Å². The normalized spacial score (nSPS) is 15.2. The quantitative estimate of drug-likeness (QED) is 0.428. The zero-order valence-electron chi connectivity index (χ0n) is 17.4. The van der Waals surface area contributed by atoms with Crippen LogP contribution in [0.4, 0.5) is 0 Å². The molecular weight excluding hydrogens is 452 g/mol. The number of rotatable bonds is 4. The zero-order chi connectivity index (χ0) is 22.9. The highest BCUT2D eigenvalue weighted by Crippen LogP contribution is 2.46. The van der Waals surface area contributed by atoms with Gasteiger partial charge in [-0.1, -0.05) is 54.1 Å². The molecule has 0 spiro atoms. The fourth-order valence-corrected chi connectivity index (χ4v) is 4.22. The second-order valence-electron chi connectivity index (χ2n) is 7.40. The van der Waals surface area contributed by atoms with Crippen LogP contribution in [0.3, 0.4) is 0 Å². The fourth-order valence-electron chi connectivity index (χ4n) is 4.01. The van der Waals surface area contributed by atoms with E-state index in [1.807, 2.05) is 24.3 Å². The number of fused-ring (bicyclic) bond motifs is 3. The summed E-state index contributed by atoms with van der Waals surface area (Å²) in [6, 6.07) is 20.6. The van der Waals surface area contributed by atoms with E-state index in [4.69, 9.17) is 31.4 Å². The molecule has 1 aliphatic heterocycles. The van der Waals surface area contributed by atoms with Gasteiger partial charge in [-0.15, -0.1) is 0 Å². The molecule has 0 saturated heterocycles. The van der Waals surface area contributed by atoms with Gasteiger partial charge in [0.1, 0.15) is 24.7 Å². The van der Waals surface area contributed by atoms with Gasteiger partial charge in [0, 0.05) is 11.9 Å². The van der Waals surface area contributed by atoms with E-state index in [-0.39, 0.29) is 6.04 Å². The summed E-state index contributed by atoms with van der Waals surface area (Å²) in [5.41, 5.74) is 9.03. The predicted molar refractivity (Wildman–Crippen MR) is 127 cm³/mol. The summed E-state index contributed by atoms with van der Waals surface area (Å²) in [6.07, 6.45) is 0.715. The first-order chi connectivity index (χ1) is 15.3. The topological polar surface area (TPSA) is 104 Å². The number of nitrogens with zero attached hydrogens (tertiary/aromatic N) is 1. The highest BCUT2D eigenvalue weighted by molar-refractivity contribution is 7.85. The van der Waals surface area contributed by atoms with Crippen molar-refractivity contribution in [3.8, 4) is 11.5 Å². The Kier molecular flexibility index (Phi) is 6.30. The molecule has 0 fully saturated rings. The van der Waals surface area contributed by atoms with Crippen molar-refractivity contribution in [1.82, 2.24) is 4.57 Å². The van der Waals surface area contributed by atoms with Crippen LogP contribution in [0.2, 0.25) is 5.02 Å². The third kappa shape index (κ3) is 4.40. The molecule has 1 aromatic heterocycles. The molecule has 3 aromatic carbocycles. The SMILES string of the molecule is CS(=O)(=O)O.NCCOc1c(Cl)ccc2c1c1cccc3c1n2C(c1ccccc1)CO3. The van der Waals surface area contributed by atoms with Gasteiger partial charge in [-0.05, 0) is 23.8 Å². The number of nitrogens with two attached hydrogens (primary N) is 1. The fraction of sp³-hybridized carbons (Fsp3) is 0.217. The Morgan fingerprint density at radius 1 is 1.16 bits per heavy atom. The van der Waals surface area contributed by atoms with E-state index in [1.165, 1.54) is 5.56 Å². The minimum Gasteiger partial charge on any atom is -0.490 e. The van der Waals surface area contributed by atoms with Gasteiger partial charge >= 0.3 is 0 Å². The van der Waals surface area contributed by atoms with Crippen LogP contribution < -0.4 is 15.2 Å². The first-order valence-electron chi connectivity index (χ1n) is 9.97. The van der Waals surface area contributed by atoms with Crippen LogP contribution in [-0.4, -0.2) is 43.6 Å². The summed E-state index contributed by atoms with van der Waals surface area (Å²) in [5, 5.41) is 2.69. The molecule has 5 rings (SSSR count). The standard InChI is InChI=1S/C22H19ClN2O2.CH4O3S/c23-16-9-10-17-20(22(16)26-12-11-24)15-7-4-8-19-21(15)25(17)18(13-27-19)14-5-2-1-3-6-14;1-5(2,3)4/h1-10,18H,11-13,24H2;1H3,(H,2,3,4). The van der Waals surface area contributed by atoms with Crippen LogP contribution in [0.15, 0.2) is 60.7 Å². The molecule has 0 saturated carbocycles. The lowest BCUT2D eigenvalue weighted by atomic mass is 10.1. The number of hydrogen-bond donors (Lipinski definition) is 2. The third-order valence-electron chi connectivity index (χ3n) is 5.11. The summed E-state index contributed by atoms with van der Waals surface area (Å²) >= 11 is 6.49. The van der Waals surface area contributed by atoms with Crippen LogP contribution in [0.1, 0.15) is 11.6 Å². The summed E-state index contributed by atoms with van der Waals surface area (Å²) in [6.45, 7) is 1.44. The number of para-hydroxylation sites is 1. The van der Waals surface area contributed by atoms with Crippen LogP contribution in [0.25, 0.3) is 21.8 Å². The monoisotopic (exact) mass is 474 g/mol. The van der Waals surface area contributed by atoms with Gasteiger partial charge in [-0.2, -0.15) is 8.42 Å². The molecule has 2 heterocycles. The van der Waals surface area contributed by atoms with Crippen molar-refractivity contribution in [2.45, 2.75) is 6.04 Å². The van der Waals surface area contributed by atoms with E-state index in [0.29, 0.717) is 36.8 Å². The van der Waals surface area contributed by atoms with Crippen LogP contribution >= 0.6 is 11.6 Å². The second-order valence-corrected chi connectivity index (χ2v) is 9.27. The van der Waals surface area contributed by atoms with Gasteiger partial charge in [-0.25, -0.2) is 0 Å². The van der Waals surface area contributed by atoms with E-state index >= 15 is 0 Å². The lowest BCUT2D eigenvalue weighted by molar-refractivity contribution is 0.262. The van der Waals surface area contributed by atoms with E-state index in [0.717, 1.165) is 27.6 Å². The summed E-state index contributed by atoms with van der Waals surface area (Å²) in [7, 11) is -3.67. The van der Waals surface area contributed by atoms with Gasteiger partial charge in [0.2, 0.25) is 0 Å². The minimum atomic E-state index is -3.67. The number of benzene rings is 3. The first-order valence-corrected chi connectivity index (χ1v) is 12.2.